The minimum atomic E-state index is -0.851. The van der Waals surface area contributed by atoms with Crippen molar-refractivity contribution in [3.8, 4) is 0 Å². The van der Waals surface area contributed by atoms with Gasteiger partial charge in [0, 0.05) is 12.8 Å². The lowest BCUT2D eigenvalue weighted by Gasteiger charge is -2.20. The molecule has 0 rings (SSSR count). The normalized spacial score (nSPS) is 12.8. The predicted molar refractivity (Wildman–Crippen MR) is 260 cm³/mol. The lowest BCUT2D eigenvalue weighted by molar-refractivity contribution is -0.143. The van der Waals surface area contributed by atoms with Gasteiger partial charge in [0.1, 0.15) is 0 Å². The van der Waals surface area contributed by atoms with Crippen LogP contribution in [0.3, 0.4) is 0 Å². The summed E-state index contributed by atoms with van der Waals surface area (Å²) in [5.74, 6) is -0.0827. The zero-order valence-corrected chi connectivity index (χ0v) is 40.2. The van der Waals surface area contributed by atoms with Gasteiger partial charge in [-0.2, -0.15) is 0 Å². The number of hydrogen-bond donors (Lipinski definition) is 3. The van der Waals surface area contributed by atoms with Crippen molar-refractivity contribution in [3.05, 3.63) is 24.3 Å². The van der Waals surface area contributed by atoms with Crippen molar-refractivity contribution in [1.82, 2.24) is 5.32 Å². The van der Waals surface area contributed by atoms with E-state index in [4.69, 9.17) is 4.74 Å². The Morgan fingerprint density at radius 1 is 0.450 bits per heavy atom. The van der Waals surface area contributed by atoms with Crippen molar-refractivity contribution in [3.63, 3.8) is 0 Å². The van der Waals surface area contributed by atoms with Gasteiger partial charge in [-0.25, -0.2) is 0 Å². The molecule has 0 aliphatic carbocycles. The fourth-order valence-corrected chi connectivity index (χ4v) is 8.10. The van der Waals surface area contributed by atoms with E-state index in [1.807, 2.05) is 6.08 Å². The minimum absolute atomic E-state index is 0.00328. The van der Waals surface area contributed by atoms with Crippen LogP contribution in [0.1, 0.15) is 284 Å². The number of amides is 1. The summed E-state index contributed by atoms with van der Waals surface area (Å²) in [7, 11) is 0. The summed E-state index contributed by atoms with van der Waals surface area (Å²) in [5.41, 5.74) is 0. The highest BCUT2D eigenvalue weighted by molar-refractivity contribution is 5.76. The van der Waals surface area contributed by atoms with E-state index in [0.717, 1.165) is 57.8 Å². The molecule has 2 atom stereocenters. The summed E-state index contributed by atoms with van der Waals surface area (Å²) in [5, 5.41) is 23.1. The van der Waals surface area contributed by atoms with Gasteiger partial charge < -0.3 is 20.3 Å². The maximum atomic E-state index is 12.4. The van der Waals surface area contributed by atoms with Crippen LogP contribution in [-0.4, -0.2) is 47.4 Å². The van der Waals surface area contributed by atoms with Gasteiger partial charge in [-0.3, -0.25) is 9.59 Å². The largest absolute Gasteiger partial charge is 0.466 e. The number of carbonyl (C=O) groups excluding carboxylic acids is 2. The molecule has 60 heavy (non-hydrogen) atoms. The van der Waals surface area contributed by atoms with Gasteiger partial charge in [0.25, 0.3) is 0 Å². The van der Waals surface area contributed by atoms with Gasteiger partial charge in [-0.1, -0.05) is 237 Å². The minimum Gasteiger partial charge on any atom is -0.466 e. The molecule has 3 N–H and O–H groups in total. The lowest BCUT2D eigenvalue weighted by Crippen LogP contribution is -2.45. The first-order chi connectivity index (χ1) is 29.5. The third-order valence-electron chi connectivity index (χ3n) is 12.2. The second-order valence-corrected chi connectivity index (χ2v) is 18.2. The maximum Gasteiger partial charge on any atom is 0.305 e. The Morgan fingerprint density at radius 2 is 0.783 bits per heavy atom. The van der Waals surface area contributed by atoms with Crippen molar-refractivity contribution >= 4 is 11.9 Å². The third-order valence-corrected chi connectivity index (χ3v) is 12.2. The van der Waals surface area contributed by atoms with Gasteiger partial charge in [0.15, 0.2) is 0 Å². The van der Waals surface area contributed by atoms with E-state index in [2.05, 4.69) is 31.3 Å². The molecule has 354 valence electrons. The molecule has 6 heteroatoms. The average molecular weight is 846 g/mol. The molecule has 0 radical (unpaired) electrons. The van der Waals surface area contributed by atoms with Gasteiger partial charge >= 0.3 is 5.97 Å². The first kappa shape index (κ1) is 58.3. The molecule has 0 aliphatic rings. The number of aliphatic hydroxyl groups is 2. The molecule has 0 aliphatic heterocycles. The van der Waals surface area contributed by atoms with E-state index in [1.54, 1.807) is 6.08 Å². The highest BCUT2D eigenvalue weighted by atomic mass is 16.5. The first-order valence-electron chi connectivity index (χ1n) is 26.6. The van der Waals surface area contributed by atoms with Crippen LogP contribution in [0.5, 0.6) is 0 Å². The number of esters is 1. The molecule has 0 aromatic rings. The SMILES string of the molecule is CCCCCCCCCCCCCCC/C=C/C(O)C(CO)NC(=O)CCCCCCCCC/C=C\CCCCCCCCOC(=O)CCCCCCCCCCCCC. The quantitative estimate of drug-likeness (QED) is 0.0322. The maximum absolute atomic E-state index is 12.4. The van der Waals surface area contributed by atoms with E-state index in [0.29, 0.717) is 19.4 Å². The van der Waals surface area contributed by atoms with Crippen LogP contribution < -0.4 is 5.32 Å². The number of aliphatic hydroxyl groups excluding tert-OH is 2. The summed E-state index contributed by atoms with van der Waals surface area (Å²) < 4.78 is 5.45. The van der Waals surface area contributed by atoms with Gasteiger partial charge in [-0.15, -0.1) is 0 Å². The fourth-order valence-electron chi connectivity index (χ4n) is 8.10. The van der Waals surface area contributed by atoms with E-state index in [1.165, 1.54) is 199 Å². The Labute approximate surface area is 373 Å². The highest BCUT2D eigenvalue weighted by Crippen LogP contribution is 2.16. The summed E-state index contributed by atoms with van der Waals surface area (Å²) in [6.07, 6.45) is 58.9. The molecule has 2 unspecified atom stereocenters. The molecular formula is C54H103NO5. The average Bonchev–Trinajstić information content (AvgIpc) is 3.25. The summed E-state index contributed by atoms with van der Waals surface area (Å²) in [6, 6.07) is -0.636. The topological polar surface area (TPSA) is 95.9 Å². The standard InChI is InChI=1S/C54H103NO5/c1-3-5-7-9-11-13-15-16-20-23-27-30-34-38-42-46-52(57)51(50-56)55-53(58)47-43-39-35-31-28-24-21-18-17-19-22-25-29-33-37-41-45-49-60-54(59)48-44-40-36-32-26-14-12-10-8-6-4-2/h17,19,42,46,51-52,56-57H,3-16,18,20-41,43-45,47-50H2,1-2H3,(H,55,58)/b19-17-,46-42+. The van der Waals surface area contributed by atoms with E-state index in [9.17, 15) is 19.8 Å². The van der Waals surface area contributed by atoms with Crippen molar-refractivity contribution in [2.24, 2.45) is 0 Å². The Morgan fingerprint density at radius 3 is 1.18 bits per heavy atom. The van der Waals surface area contributed by atoms with Crippen molar-refractivity contribution in [1.29, 1.82) is 0 Å². The third kappa shape index (κ3) is 45.9. The highest BCUT2D eigenvalue weighted by Gasteiger charge is 2.18. The predicted octanol–water partition coefficient (Wildman–Crippen LogP) is 15.9. The van der Waals surface area contributed by atoms with Gasteiger partial charge in [-0.05, 0) is 57.8 Å². The monoisotopic (exact) mass is 846 g/mol. The van der Waals surface area contributed by atoms with Crippen LogP contribution in [0.2, 0.25) is 0 Å². The number of unbranched alkanes of at least 4 members (excludes halogenated alkanes) is 36. The van der Waals surface area contributed by atoms with Gasteiger partial charge in [0.2, 0.25) is 5.91 Å². The molecule has 0 bridgehead atoms. The number of allylic oxidation sites excluding steroid dienone is 3. The second kappa shape index (κ2) is 50.0. The molecule has 0 saturated carbocycles. The summed E-state index contributed by atoms with van der Waals surface area (Å²) >= 11 is 0. The van der Waals surface area contributed by atoms with E-state index >= 15 is 0 Å². The summed E-state index contributed by atoms with van der Waals surface area (Å²) in [6.45, 7) is 4.88. The van der Waals surface area contributed by atoms with E-state index in [-0.39, 0.29) is 18.5 Å². The van der Waals surface area contributed by atoms with Crippen LogP contribution >= 0.6 is 0 Å². The van der Waals surface area contributed by atoms with Crippen molar-refractivity contribution < 1.29 is 24.5 Å². The Hall–Kier alpha value is -1.66. The molecule has 0 heterocycles. The zero-order chi connectivity index (χ0) is 43.7. The fraction of sp³-hybridized carbons (Fsp3) is 0.889. The number of ether oxygens (including phenoxy) is 1. The van der Waals surface area contributed by atoms with Crippen LogP contribution in [-0.2, 0) is 14.3 Å². The lowest BCUT2D eigenvalue weighted by atomic mass is 10.0. The molecular weight excluding hydrogens is 743 g/mol. The van der Waals surface area contributed by atoms with E-state index < -0.39 is 12.1 Å². The molecule has 6 nitrogen and oxygen atoms in total. The van der Waals surface area contributed by atoms with Crippen LogP contribution in [0.4, 0.5) is 0 Å². The van der Waals surface area contributed by atoms with Crippen LogP contribution in [0.15, 0.2) is 24.3 Å². The molecule has 0 saturated heterocycles. The van der Waals surface area contributed by atoms with Crippen molar-refractivity contribution in [2.45, 2.75) is 296 Å². The Bertz CT molecular complexity index is 935. The Balaban J connectivity index is 3.50. The van der Waals surface area contributed by atoms with Gasteiger partial charge in [0.05, 0.1) is 25.4 Å². The number of hydrogen-bond acceptors (Lipinski definition) is 5. The Kier molecular flexibility index (Phi) is 48.6. The number of nitrogens with one attached hydrogen (secondary N) is 1. The zero-order valence-electron chi connectivity index (χ0n) is 40.2. The second-order valence-electron chi connectivity index (χ2n) is 18.2. The summed E-state index contributed by atoms with van der Waals surface area (Å²) in [4.78, 5) is 24.4. The smallest absolute Gasteiger partial charge is 0.305 e. The van der Waals surface area contributed by atoms with Crippen molar-refractivity contribution in [2.75, 3.05) is 13.2 Å². The molecule has 0 aromatic carbocycles. The number of carbonyl (C=O) groups is 2. The first-order valence-corrected chi connectivity index (χ1v) is 26.6. The molecule has 0 spiro atoms. The molecule has 0 aromatic heterocycles. The van der Waals surface area contributed by atoms with Crippen LogP contribution in [0.25, 0.3) is 0 Å². The molecule has 0 fully saturated rings. The number of rotatable bonds is 49. The molecule has 1 amide bonds. The van der Waals surface area contributed by atoms with Crippen LogP contribution in [0, 0.1) is 0 Å².